The van der Waals surface area contributed by atoms with E-state index in [1.807, 2.05) is 9.80 Å². The maximum absolute atomic E-state index is 14.9. The first-order valence-corrected chi connectivity index (χ1v) is 12.2. The number of piperidine rings is 1. The summed E-state index contributed by atoms with van der Waals surface area (Å²) in [5, 5.41) is 2.72. The second-order valence-corrected chi connectivity index (χ2v) is 9.85. The van der Waals surface area contributed by atoms with E-state index in [1.54, 1.807) is 6.92 Å². The molecule has 4 heterocycles. The minimum absolute atomic E-state index is 0.0650. The second-order valence-electron chi connectivity index (χ2n) is 9.85. The van der Waals surface area contributed by atoms with Crippen LogP contribution >= 0.6 is 0 Å². The summed E-state index contributed by atoms with van der Waals surface area (Å²) in [7, 11) is 0. The SMILES string of the molecule is CC(N)C(C(=O)Nc1cncc(F)c1N1CCC(C(=O)N2CCN3CCCC3C2)CC1)C(N)N. The van der Waals surface area contributed by atoms with Gasteiger partial charge in [-0.1, -0.05) is 0 Å². The molecule has 3 unspecified atom stereocenters. The quantitative estimate of drug-likeness (QED) is 0.416. The van der Waals surface area contributed by atoms with E-state index in [9.17, 15) is 14.0 Å². The van der Waals surface area contributed by atoms with E-state index in [4.69, 9.17) is 17.2 Å². The number of hydrogen-bond acceptors (Lipinski definition) is 8. The topological polar surface area (TPSA) is 147 Å². The second kappa shape index (κ2) is 10.5. The maximum Gasteiger partial charge on any atom is 0.232 e. The van der Waals surface area contributed by atoms with Crippen LogP contribution in [0.1, 0.15) is 32.6 Å². The highest BCUT2D eigenvalue weighted by Crippen LogP contribution is 2.33. The fourth-order valence-corrected chi connectivity index (χ4v) is 5.62. The largest absolute Gasteiger partial charge is 0.367 e. The molecule has 1 aromatic heterocycles. The Bertz CT molecular complexity index is 882. The minimum atomic E-state index is -0.946. The van der Waals surface area contributed by atoms with Crippen molar-refractivity contribution >= 4 is 23.2 Å². The van der Waals surface area contributed by atoms with Gasteiger partial charge < -0.3 is 32.3 Å². The third kappa shape index (κ3) is 5.17. The van der Waals surface area contributed by atoms with Crippen LogP contribution < -0.4 is 27.4 Å². The molecule has 2 amide bonds. The van der Waals surface area contributed by atoms with Gasteiger partial charge in [-0.15, -0.1) is 0 Å². The molecule has 3 fully saturated rings. The minimum Gasteiger partial charge on any atom is -0.367 e. The molecule has 3 aliphatic heterocycles. The van der Waals surface area contributed by atoms with Gasteiger partial charge in [-0.3, -0.25) is 19.5 Å². The number of pyridine rings is 1. The Morgan fingerprint density at radius 1 is 1.09 bits per heavy atom. The average Bonchev–Trinajstić information content (AvgIpc) is 3.26. The summed E-state index contributed by atoms with van der Waals surface area (Å²) in [4.78, 5) is 36.2. The highest BCUT2D eigenvalue weighted by Gasteiger charge is 2.36. The van der Waals surface area contributed by atoms with Gasteiger partial charge in [0.25, 0.3) is 0 Å². The van der Waals surface area contributed by atoms with Gasteiger partial charge in [0.05, 0.1) is 30.2 Å². The van der Waals surface area contributed by atoms with Crippen molar-refractivity contribution in [2.45, 2.75) is 50.9 Å². The fraction of sp³-hybridized carbons (Fsp3) is 0.696. The van der Waals surface area contributed by atoms with Crippen molar-refractivity contribution in [1.82, 2.24) is 14.8 Å². The van der Waals surface area contributed by atoms with Crippen LogP contribution in [0.4, 0.5) is 15.8 Å². The number of nitrogens with zero attached hydrogens (tertiary/aromatic N) is 4. The van der Waals surface area contributed by atoms with Crippen LogP contribution in [-0.2, 0) is 9.59 Å². The lowest BCUT2D eigenvalue weighted by Crippen LogP contribution is -2.54. The molecule has 0 aliphatic carbocycles. The number of hydrogen-bond donors (Lipinski definition) is 4. The molecule has 188 valence electrons. The highest BCUT2D eigenvalue weighted by molar-refractivity contribution is 5.96. The molecule has 0 saturated carbocycles. The van der Waals surface area contributed by atoms with Crippen LogP contribution in [0.3, 0.4) is 0 Å². The first kappa shape index (κ1) is 24.8. The Hall–Kier alpha value is -2.34. The lowest BCUT2D eigenvalue weighted by Gasteiger charge is -2.41. The van der Waals surface area contributed by atoms with Crippen LogP contribution in [-0.4, -0.2) is 84.1 Å². The van der Waals surface area contributed by atoms with Crippen LogP contribution in [0.2, 0.25) is 0 Å². The van der Waals surface area contributed by atoms with E-state index in [0.717, 1.165) is 38.8 Å². The molecule has 3 aliphatic rings. The molecule has 3 saturated heterocycles. The summed E-state index contributed by atoms with van der Waals surface area (Å²) in [5.74, 6) is -1.69. The van der Waals surface area contributed by atoms with Gasteiger partial charge in [-0.05, 0) is 39.2 Å². The number of rotatable bonds is 6. The first-order valence-electron chi connectivity index (χ1n) is 12.2. The maximum atomic E-state index is 14.9. The molecular weight excluding hydrogens is 439 g/mol. The number of carbonyl (C=O) groups excluding carboxylic acids is 2. The van der Waals surface area contributed by atoms with Crippen LogP contribution in [0, 0.1) is 17.7 Å². The van der Waals surface area contributed by atoms with E-state index in [2.05, 4.69) is 15.2 Å². The van der Waals surface area contributed by atoms with Crippen LogP contribution in [0.15, 0.2) is 12.4 Å². The van der Waals surface area contributed by atoms with Crippen LogP contribution in [0.25, 0.3) is 0 Å². The Morgan fingerprint density at radius 2 is 1.82 bits per heavy atom. The van der Waals surface area contributed by atoms with Gasteiger partial charge in [0, 0.05) is 50.7 Å². The molecule has 0 spiro atoms. The number of halogens is 1. The van der Waals surface area contributed by atoms with Gasteiger partial charge in [0.15, 0.2) is 5.82 Å². The number of carbonyl (C=O) groups is 2. The number of anilines is 2. The molecule has 0 radical (unpaired) electrons. The summed E-state index contributed by atoms with van der Waals surface area (Å²) in [6, 6.07) is -0.0746. The molecule has 11 heteroatoms. The summed E-state index contributed by atoms with van der Waals surface area (Å²) >= 11 is 0. The summed E-state index contributed by atoms with van der Waals surface area (Å²) in [5.41, 5.74) is 17.9. The highest BCUT2D eigenvalue weighted by atomic mass is 19.1. The monoisotopic (exact) mass is 476 g/mol. The number of amides is 2. The number of aromatic nitrogens is 1. The number of nitrogens with one attached hydrogen (secondary N) is 1. The van der Waals surface area contributed by atoms with E-state index in [1.165, 1.54) is 12.6 Å². The van der Waals surface area contributed by atoms with E-state index in [-0.39, 0.29) is 23.2 Å². The third-order valence-corrected chi connectivity index (χ3v) is 7.47. The molecule has 7 N–H and O–H groups in total. The Kier molecular flexibility index (Phi) is 7.66. The molecule has 10 nitrogen and oxygen atoms in total. The molecule has 0 aromatic carbocycles. The average molecular weight is 477 g/mol. The predicted octanol–water partition coefficient (Wildman–Crippen LogP) is -0.111. The summed E-state index contributed by atoms with van der Waals surface area (Å²) < 4.78 is 14.9. The van der Waals surface area contributed by atoms with Crippen molar-refractivity contribution in [2.75, 3.05) is 49.5 Å². The number of nitrogens with two attached hydrogens (primary N) is 3. The zero-order chi connectivity index (χ0) is 24.4. The zero-order valence-electron chi connectivity index (χ0n) is 19.8. The molecular formula is C23H37FN8O2. The Labute approximate surface area is 200 Å². The van der Waals surface area contributed by atoms with E-state index < -0.39 is 29.8 Å². The summed E-state index contributed by atoms with van der Waals surface area (Å²) in [6.45, 7) is 6.37. The lowest BCUT2D eigenvalue weighted by atomic mass is 9.94. The van der Waals surface area contributed by atoms with Crippen molar-refractivity contribution in [1.29, 1.82) is 0 Å². The molecule has 1 aromatic rings. The molecule has 34 heavy (non-hydrogen) atoms. The van der Waals surface area contributed by atoms with Crippen molar-refractivity contribution in [3.63, 3.8) is 0 Å². The van der Waals surface area contributed by atoms with Gasteiger partial charge >= 0.3 is 0 Å². The van der Waals surface area contributed by atoms with Crippen molar-refractivity contribution in [3.05, 3.63) is 18.2 Å². The third-order valence-electron chi connectivity index (χ3n) is 7.47. The van der Waals surface area contributed by atoms with Gasteiger partial charge in [0.1, 0.15) is 5.69 Å². The summed E-state index contributed by atoms with van der Waals surface area (Å²) in [6.07, 6.45) is 5.23. The standard InChI is InChI=1S/C23H37FN8O2/c1-14(25)19(21(26)27)22(33)29-18-12-28-11-17(24)20(18)31-7-4-15(5-8-31)23(34)32-10-9-30-6-2-3-16(30)13-32/h11-12,14-16,19,21H,2-10,13,25-27H2,1H3,(H,29,33). The Morgan fingerprint density at radius 3 is 2.50 bits per heavy atom. The normalized spacial score (nSPS) is 23.6. The molecule has 0 bridgehead atoms. The first-order chi connectivity index (χ1) is 16.3. The smallest absolute Gasteiger partial charge is 0.232 e. The molecule has 4 rings (SSSR count). The number of fused-ring (bicyclic) bond motifs is 1. The molecule has 3 atom stereocenters. The number of piperazine rings is 1. The van der Waals surface area contributed by atoms with Gasteiger partial charge in [0.2, 0.25) is 11.8 Å². The van der Waals surface area contributed by atoms with E-state index in [0.29, 0.717) is 32.0 Å². The van der Waals surface area contributed by atoms with Crippen molar-refractivity contribution in [2.24, 2.45) is 29.0 Å². The van der Waals surface area contributed by atoms with Crippen LogP contribution in [0.5, 0.6) is 0 Å². The van der Waals surface area contributed by atoms with Crippen molar-refractivity contribution < 1.29 is 14.0 Å². The van der Waals surface area contributed by atoms with Gasteiger partial charge in [-0.25, -0.2) is 4.39 Å². The Balaban J connectivity index is 1.40. The van der Waals surface area contributed by atoms with Gasteiger partial charge in [-0.2, -0.15) is 0 Å². The zero-order valence-corrected chi connectivity index (χ0v) is 19.8. The predicted molar refractivity (Wildman–Crippen MR) is 128 cm³/mol. The van der Waals surface area contributed by atoms with Crippen molar-refractivity contribution in [3.8, 4) is 0 Å². The fourth-order valence-electron chi connectivity index (χ4n) is 5.62. The van der Waals surface area contributed by atoms with E-state index >= 15 is 0 Å². The lowest BCUT2D eigenvalue weighted by molar-refractivity contribution is -0.138.